The number of fused-ring (bicyclic) bond motifs is 1. The van der Waals surface area contributed by atoms with E-state index in [0.717, 1.165) is 75.1 Å². The molecule has 0 bridgehead atoms. The lowest BCUT2D eigenvalue weighted by atomic mass is 10.1. The predicted molar refractivity (Wildman–Crippen MR) is 160 cm³/mol. The molecule has 0 radical (unpaired) electrons. The summed E-state index contributed by atoms with van der Waals surface area (Å²) in [5.41, 5.74) is 3.67. The second-order valence-electron chi connectivity index (χ2n) is 11.6. The summed E-state index contributed by atoms with van der Waals surface area (Å²) in [6.07, 6.45) is 10.7. The minimum Gasteiger partial charge on any atom is -0.496 e. The number of amides is 2. The van der Waals surface area contributed by atoms with E-state index in [1.165, 1.54) is 19.3 Å². The number of carbonyl (C=O) groups is 2. The molecule has 0 N–H and O–H groups in total. The van der Waals surface area contributed by atoms with E-state index in [2.05, 4.69) is 30.9 Å². The van der Waals surface area contributed by atoms with Gasteiger partial charge in [0.05, 0.1) is 12.7 Å². The van der Waals surface area contributed by atoms with Gasteiger partial charge in [-0.25, -0.2) is 0 Å². The molecule has 1 fully saturated rings. The molecular formula is C33H47N3O3. The van der Waals surface area contributed by atoms with Crippen LogP contribution in [0.5, 0.6) is 5.75 Å². The van der Waals surface area contributed by atoms with Crippen LogP contribution >= 0.6 is 0 Å². The smallest absolute Gasteiger partial charge is 0.257 e. The highest BCUT2D eigenvalue weighted by Crippen LogP contribution is 2.30. The molecule has 212 valence electrons. The van der Waals surface area contributed by atoms with Crippen LogP contribution in [0.1, 0.15) is 94.0 Å². The number of carbonyl (C=O) groups excluding carboxylic acids is 2. The molecule has 0 aromatic heterocycles. The van der Waals surface area contributed by atoms with Crippen molar-refractivity contribution < 1.29 is 14.3 Å². The van der Waals surface area contributed by atoms with Crippen molar-refractivity contribution in [3.8, 4) is 5.75 Å². The van der Waals surface area contributed by atoms with Gasteiger partial charge in [0.25, 0.3) is 5.91 Å². The monoisotopic (exact) mass is 533 g/mol. The highest BCUT2D eigenvalue weighted by molar-refractivity contribution is 5.98. The van der Waals surface area contributed by atoms with Crippen LogP contribution < -0.4 is 14.5 Å². The number of hydrogen-bond acceptors (Lipinski definition) is 4. The average molecular weight is 534 g/mol. The predicted octanol–water partition coefficient (Wildman–Crippen LogP) is 7.06. The van der Waals surface area contributed by atoms with Crippen LogP contribution in [-0.4, -0.2) is 50.0 Å². The van der Waals surface area contributed by atoms with Crippen molar-refractivity contribution in [1.82, 2.24) is 4.90 Å². The fourth-order valence-corrected chi connectivity index (χ4v) is 5.87. The first-order valence-electron chi connectivity index (χ1n) is 15.1. The molecule has 39 heavy (non-hydrogen) atoms. The molecule has 0 aliphatic carbocycles. The molecule has 6 heteroatoms. The Labute approximate surface area is 235 Å². The summed E-state index contributed by atoms with van der Waals surface area (Å²) < 4.78 is 5.69. The van der Waals surface area contributed by atoms with Gasteiger partial charge >= 0.3 is 0 Å². The van der Waals surface area contributed by atoms with Crippen molar-refractivity contribution in [1.29, 1.82) is 0 Å². The first kappa shape index (κ1) is 29.0. The van der Waals surface area contributed by atoms with Crippen molar-refractivity contribution in [2.45, 2.75) is 84.6 Å². The third-order valence-electron chi connectivity index (χ3n) is 8.01. The standard InChI is InChI=1S/C33H47N3O3/c1-26(2)23-32(37)36-22-14-7-5-4-6-11-21-35(25-27-15-9-10-16-30(27)36)33(38)29-24-28(17-18-31(29)39-3)34-19-12-8-13-20-34/h9-10,15-18,24,26H,4-8,11-14,19-23,25H2,1-3H3. The third-order valence-corrected chi connectivity index (χ3v) is 8.01. The van der Waals surface area contributed by atoms with Gasteiger partial charge < -0.3 is 19.4 Å². The summed E-state index contributed by atoms with van der Waals surface area (Å²) in [6, 6.07) is 14.2. The van der Waals surface area contributed by atoms with Crippen LogP contribution in [-0.2, 0) is 11.3 Å². The fourth-order valence-electron chi connectivity index (χ4n) is 5.87. The Morgan fingerprint density at radius 3 is 2.18 bits per heavy atom. The van der Waals surface area contributed by atoms with Crippen LogP contribution in [0.3, 0.4) is 0 Å². The average Bonchev–Trinajstić information content (AvgIpc) is 2.97. The van der Waals surface area contributed by atoms with E-state index in [4.69, 9.17) is 4.74 Å². The van der Waals surface area contributed by atoms with Gasteiger partial charge in [-0.05, 0) is 67.9 Å². The number of benzene rings is 2. The molecule has 2 aliphatic rings. The van der Waals surface area contributed by atoms with Crippen LogP contribution in [0.15, 0.2) is 42.5 Å². The van der Waals surface area contributed by atoms with Gasteiger partial charge in [-0.1, -0.05) is 57.7 Å². The Bertz CT molecular complexity index is 1090. The van der Waals surface area contributed by atoms with E-state index < -0.39 is 0 Å². The van der Waals surface area contributed by atoms with Gasteiger partial charge in [0.15, 0.2) is 0 Å². The van der Waals surface area contributed by atoms with Gasteiger partial charge in [-0.3, -0.25) is 9.59 Å². The number of methoxy groups -OCH3 is 1. The zero-order valence-corrected chi connectivity index (χ0v) is 24.3. The Balaban J connectivity index is 1.67. The highest BCUT2D eigenvalue weighted by Gasteiger charge is 2.25. The minimum atomic E-state index is -0.00422. The molecule has 1 saturated heterocycles. The van der Waals surface area contributed by atoms with E-state index in [1.807, 2.05) is 40.1 Å². The Hall–Kier alpha value is -3.02. The molecule has 2 aliphatic heterocycles. The van der Waals surface area contributed by atoms with Crippen LogP contribution in [0.25, 0.3) is 0 Å². The number of piperidine rings is 1. The highest BCUT2D eigenvalue weighted by atomic mass is 16.5. The number of anilines is 2. The maximum atomic E-state index is 14.2. The summed E-state index contributed by atoms with van der Waals surface area (Å²) >= 11 is 0. The van der Waals surface area contributed by atoms with Crippen LogP contribution in [0.2, 0.25) is 0 Å². The summed E-state index contributed by atoms with van der Waals surface area (Å²) in [7, 11) is 1.64. The van der Waals surface area contributed by atoms with Crippen molar-refractivity contribution in [2.24, 2.45) is 5.92 Å². The number of para-hydroxylation sites is 1. The minimum absolute atomic E-state index is 0.00422. The van der Waals surface area contributed by atoms with Gasteiger partial charge in [-0.15, -0.1) is 0 Å². The second kappa shape index (κ2) is 14.4. The number of ether oxygens (including phenoxy) is 1. The molecule has 0 spiro atoms. The van der Waals surface area contributed by atoms with Crippen LogP contribution in [0.4, 0.5) is 11.4 Å². The summed E-state index contributed by atoms with van der Waals surface area (Å²) in [6.45, 7) is 8.12. The topological polar surface area (TPSA) is 53.1 Å². The second-order valence-corrected chi connectivity index (χ2v) is 11.6. The Morgan fingerprint density at radius 2 is 1.46 bits per heavy atom. The zero-order valence-electron chi connectivity index (χ0n) is 24.3. The van der Waals surface area contributed by atoms with Gasteiger partial charge in [0.2, 0.25) is 5.91 Å². The maximum Gasteiger partial charge on any atom is 0.257 e. The van der Waals surface area contributed by atoms with Crippen molar-refractivity contribution in [3.63, 3.8) is 0 Å². The number of hydrogen-bond donors (Lipinski definition) is 0. The van der Waals surface area contributed by atoms with E-state index in [0.29, 0.717) is 36.7 Å². The molecule has 2 heterocycles. The quantitative estimate of drug-likeness (QED) is 0.413. The summed E-state index contributed by atoms with van der Waals surface area (Å²) in [5.74, 6) is 1.08. The van der Waals surface area contributed by atoms with E-state index >= 15 is 0 Å². The fraction of sp³-hybridized carbons (Fsp3) is 0.576. The number of nitrogens with zero attached hydrogens (tertiary/aromatic N) is 3. The molecule has 0 unspecified atom stereocenters. The van der Waals surface area contributed by atoms with Gasteiger partial charge in [0.1, 0.15) is 5.75 Å². The molecule has 2 aromatic carbocycles. The van der Waals surface area contributed by atoms with Crippen molar-refractivity contribution in [3.05, 3.63) is 53.6 Å². The van der Waals surface area contributed by atoms with E-state index in [9.17, 15) is 9.59 Å². The first-order chi connectivity index (χ1) is 19.0. The Kier molecular flexibility index (Phi) is 10.7. The third kappa shape index (κ3) is 7.77. The first-order valence-corrected chi connectivity index (χ1v) is 15.1. The lowest BCUT2D eigenvalue weighted by Crippen LogP contribution is -2.36. The van der Waals surface area contributed by atoms with Gasteiger partial charge in [-0.2, -0.15) is 0 Å². The lowest BCUT2D eigenvalue weighted by Gasteiger charge is -2.31. The molecule has 2 amide bonds. The molecule has 4 rings (SSSR count). The molecular weight excluding hydrogens is 486 g/mol. The van der Waals surface area contributed by atoms with Crippen LogP contribution in [0, 0.1) is 5.92 Å². The molecule has 6 nitrogen and oxygen atoms in total. The zero-order chi connectivity index (χ0) is 27.6. The molecule has 2 aromatic rings. The SMILES string of the molecule is COc1ccc(N2CCCCC2)cc1C(=O)N1CCCCCCCCN(C(=O)CC(C)C)c2ccccc2C1. The van der Waals surface area contributed by atoms with Crippen molar-refractivity contribution >= 4 is 23.2 Å². The normalized spacial score (nSPS) is 17.6. The largest absolute Gasteiger partial charge is 0.496 e. The maximum absolute atomic E-state index is 14.2. The Morgan fingerprint density at radius 1 is 0.821 bits per heavy atom. The van der Waals surface area contributed by atoms with Crippen molar-refractivity contribution in [2.75, 3.05) is 43.1 Å². The molecule has 0 saturated carbocycles. The lowest BCUT2D eigenvalue weighted by molar-refractivity contribution is -0.119. The van der Waals surface area contributed by atoms with Gasteiger partial charge in [0, 0.05) is 50.5 Å². The number of rotatable bonds is 5. The summed E-state index contributed by atoms with van der Waals surface area (Å²) in [4.78, 5) is 33.9. The summed E-state index contributed by atoms with van der Waals surface area (Å²) in [5, 5.41) is 0. The van der Waals surface area contributed by atoms with E-state index in [1.54, 1.807) is 7.11 Å². The molecule has 0 atom stereocenters. The van der Waals surface area contributed by atoms with E-state index in [-0.39, 0.29) is 11.8 Å².